The molecule has 1 aromatic carbocycles. The molecule has 3 nitrogen and oxygen atoms in total. The van der Waals surface area contributed by atoms with E-state index in [2.05, 4.69) is 11.8 Å². The van der Waals surface area contributed by atoms with Crippen molar-refractivity contribution >= 4 is 5.57 Å². The van der Waals surface area contributed by atoms with Crippen LogP contribution in [0.3, 0.4) is 0 Å². The monoisotopic (exact) mass is 258 g/mol. The Balaban J connectivity index is 2.54. The second kappa shape index (κ2) is 5.38. The summed E-state index contributed by atoms with van der Waals surface area (Å²) in [6, 6.07) is 5.76. The molecule has 0 saturated heterocycles. The van der Waals surface area contributed by atoms with Crippen molar-refractivity contribution in [2.75, 3.05) is 13.2 Å². The first-order valence-corrected chi connectivity index (χ1v) is 6.35. The van der Waals surface area contributed by atoms with E-state index in [0.717, 1.165) is 22.6 Å². The minimum Gasteiger partial charge on any atom is -0.490 e. The Kier molecular flexibility index (Phi) is 3.82. The van der Waals surface area contributed by atoms with Gasteiger partial charge in [0.2, 0.25) is 0 Å². The van der Waals surface area contributed by atoms with Crippen molar-refractivity contribution in [2.45, 2.75) is 26.4 Å². The Morgan fingerprint density at radius 3 is 2.84 bits per heavy atom. The van der Waals surface area contributed by atoms with Crippen LogP contribution in [0, 0.1) is 11.8 Å². The van der Waals surface area contributed by atoms with Crippen molar-refractivity contribution in [3.63, 3.8) is 0 Å². The lowest BCUT2D eigenvalue weighted by Gasteiger charge is -2.30. The second-order valence-electron chi connectivity index (χ2n) is 4.79. The zero-order valence-corrected chi connectivity index (χ0v) is 11.5. The summed E-state index contributed by atoms with van der Waals surface area (Å²) in [7, 11) is 0. The van der Waals surface area contributed by atoms with E-state index in [9.17, 15) is 0 Å². The molecular formula is C16H18O3. The molecule has 1 heterocycles. The summed E-state index contributed by atoms with van der Waals surface area (Å²) in [6.07, 6.45) is 1.97. The minimum absolute atomic E-state index is 0.154. The fourth-order valence-corrected chi connectivity index (χ4v) is 2.06. The molecule has 0 aromatic heterocycles. The van der Waals surface area contributed by atoms with E-state index in [1.807, 2.05) is 45.0 Å². The molecule has 0 spiro atoms. The van der Waals surface area contributed by atoms with Crippen molar-refractivity contribution in [1.29, 1.82) is 0 Å². The molecule has 1 aliphatic heterocycles. The van der Waals surface area contributed by atoms with Crippen LogP contribution in [-0.4, -0.2) is 23.9 Å². The van der Waals surface area contributed by atoms with Gasteiger partial charge in [-0.05, 0) is 39.0 Å². The molecule has 0 atom stereocenters. The maximum atomic E-state index is 8.86. The van der Waals surface area contributed by atoms with Crippen LogP contribution < -0.4 is 9.47 Å². The number of hydrogen-bond donors (Lipinski definition) is 1. The summed E-state index contributed by atoms with van der Waals surface area (Å²) in [5.41, 5.74) is 1.33. The number of fused-ring (bicyclic) bond motifs is 1. The molecule has 3 heteroatoms. The summed E-state index contributed by atoms with van der Waals surface area (Å²) in [5.74, 6) is 7.11. The average Bonchev–Trinajstić information content (AvgIpc) is 2.36. The molecule has 19 heavy (non-hydrogen) atoms. The number of ether oxygens (including phenoxy) is 2. The van der Waals surface area contributed by atoms with Crippen LogP contribution in [0.1, 0.15) is 26.3 Å². The summed E-state index contributed by atoms with van der Waals surface area (Å²) in [5, 5.41) is 8.86. The molecule has 0 aliphatic carbocycles. The molecule has 100 valence electrons. The van der Waals surface area contributed by atoms with Gasteiger partial charge >= 0.3 is 0 Å². The number of benzene rings is 1. The zero-order chi connectivity index (χ0) is 13.9. The predicted molar refractivity (Wildman–Crippen MR) is 75.2 cm³/mol. The highest BCUT2D eigenvalue weighted by molar-refractivity contribution is 5.85. The van der Waals surface area contributed by atoms with Gasteiger partial charge in [-0.25, -0.2) is 0 Å². The summed E-state index contributed by atoms with van der Waals surface area (Å²) in [4.78, 5) is 0. The molecular weight excluding hydrogens is 240 g/mol. The summed E-state index contributed by atoms with van der Waals surface area (Å²) < 4.78 is 11.6. The van der Waals surface area contributed by atoms with Gasteiger partial charge < -0.3 is 14.6 Å². The molecule has 0 amide bonds. The van der Waals surface area contributed by atoms with Gasteiger partial charge in [0.15, 0.2) is 11.5 Å². The quantitative estimate of drug-likeness (QED) is 0.829. The summed E-state index contributed by atoms with van der Waals surface area (Å²) in [6.45, 7) is 6.31. The van der Waals surface area contributed by atoms with Gasteiger partial charge in [-0.2, -0.15) is 0 Å². The molecule has 0 fully saturated rings. The van der Waals surface area contributed by atoms with Gasteiger partial charge in [-0.1, -0.05) is 17.9 Å². The molecule has 0 radical (unpaired) electrons. The third-order valence-electron chi connectivity index (χ3n) is 2.73. The second-order valence-corrected chi connectivity index (χ2v) is 4.79. The Morgan fingerprint density at radius 1 is 1.37 bits per heavy atom. The van der Waals surface area contributed by atoms with Crippen LogP contribution in [0.5, 0.6) is 11.5 Å². The first kappa shape index (κ1) is 13.5. The van der Waals surface area contributed by atoms with Crippen molar-refractivity contribution in [3.05, 3.63) is 29.8 Å². The van der Waals surface area contributed by atoms with Crippen molar-refractivity contribution < 1.29 is 14.6 Å². The largest absolute Gasteiger partial charge is 0.490 e. The Hall–Kier alpha value is -1.92. The van der Waals surface area contributed by atoms with Crippen LogP contribution in [0.25, 0.3) is 5.57 Å². The number of hydrogen-bond acceptors (Lipinski definition) is 3. The molecule has 1 aromatic rings. The SMILES string of the molecule is CCOc1cccc2c1OC(C)(C)C=C2C#CCO. The molecule has 1 N–H and O–H groups in total. The van der Waals surface area contributed by atoms with Gasteiger partial charge in [0, 0.05) is 11.1 Å². The van der Waals surface area contributed by atoms with Crippen LogP contribution >= 0.6 is 0 Å². The van der Waals surface area contributed by atoms with E-state index in [0.29, 0.717) is 6.61 Å². The summed E-state index contributed by atoms with van der Waals surface area (Å²) >= 11 is 0. The van der Waals surface area contributed by atoms with Gasteiger partial charge in [-0.15, -0.1) is 0 Å². The lowest BCUT2D eigenvalue weighted by atomic mass is 9.94. The van der Waals surface area contributed by atoms with Crippen molar-refractivity contribution in [1.82, 2.24) is 0 Å². The van der Waals surface area contributed by atoms with E-state index in [1.165, 1.54) is 0 Å². The number of allylic oxidation sites excluding steroid dienone is 1. The van der Waals surface area contributed by atoms with E-state index < -0.39 is 5.60 Å². The van der Waals surface area contributed by atoms with Crippen LogP contribution in [0.4, 0.5) is 0 Å². The van der Waals surface area contributed by atoms with E-state index >= 15 is 0 Å². The zero-order valence-electron chi connectivity index (χ0n) is 11.5. The molecule has 0 bridgehead atoms. The van der Waals surface area contributed by atoms with Crippen LogP contribution in [0.2, 0.25) is 0 Å². The molecule has 1 aliphatic rings. The number of aliphatic hydroxyl groups excluding tert-OH is 1. The first-order chi connectivity index (χ1) is 9.07. The maximum absolute atomic E-state index is 8.86. The van der Waals surface area contributed by atoms with Gasteiger partial charge in [0.1, 0.15) is 12.2 Å². The normalized spacial score (nSPS) is 15.5. The van der Waals surface area contributed by atoms with E-state index in [4.69, 9.17) is 14.6 Å². The Labute approximate surface area is 113 Å². The Bertz CT molecular complexity index is 559. The lowest BCUT2D eigenvalue weighted by Crippen LogP contribution is -2.29. The first-order valence-electron chi connectivity index (χ1n) is 6.35. The minimum atomic E-state index is -0.445. The highest BCUT2D eigenvalue weighted by Gasteiger charge is 2.28. The fourth-order valence-electron chi connectivity index (χ4n) is 2.06. The predicted octanol–water partition coefficient (Wildman–Crippen LogP) is 2.64. The topological polar surface area (TPSA) is 38.7 Å². The van der Waals surface area contributed by atoms with E-state index in [-0.39, 0.29) is 6.61 Å². The number of rotatable bonds is 2. The lowest BCUT2D eigenvalue weighted by molar-refractivity contribution is 0.149. The maximum Gasteiger partial charge on any atom is 0.170 e. The fraction of sp³-hybridized carbons (Fsp3) is 0.375. The number of aliphatic hydroxyl groups is 1. The highest BCUT2D eigenvalue weighted by Crippen LogP contribution is 2.42. The van der Waals surface area contributed by atoms with Crippen LogP contribution in [-0.2, 0) is 0 Å². The van der Waals surface area contributed by atoms with Gasteiger partial charge in [-0.3, -0.25) is 0 Å². The molecule has 2 rings (SSSR count). The van der Waals surface area contributed by atoms with Crippen molar-refractivity contribution in [3.8, 4) is 23.3 Å². The van der Waals surface area contributed by atoms with E-state index in [1.54, 1.807) is 0 Å². The third-order valence-corrected chi connectivity index (χ3v) is 2.73. The molecule has 0 unspecified atom stereocenters. The average molecular weight is 258 g/mol. The number of para-hydroxylation sites is 1. The molecule has 0 saturated carbocycles. The smallest absolute Gasteiger partial charge is 0.170 e. The van der Waals surface area contributed by atoms with Gasteiger partial charge in [0.05, 0.1) is 6.61 Å². The standard InChI is InChI=1S/C16H18O3/c1-4-18-14-9-5-8-13-12(7-6-10-17)11-16(2,3)19-15(13)14/h5,8-9,11,17H,4,10H2,1-3H3. The third kappa shape index (κ3) is 2.91. The van der Waals surface area contributed by atoms with Gasteiger partial charge in [0.25, 0.3) is 0 Å². The van der Waals surface area contributed by atoms with Crippen LogP contribution in [0.15, 0.2) is 24.3 Å². The Morgan fingerprint density at radius 2 is 2.16 bits per heavy atom. The van der Waals surface area contributed by atoms with Crippen molar-refractivity contribution in [2.24, 2.45) is 0 Å². The highest BCUT2D eigenvalue weighted by atomic mass is 16.5.